The maximum atomic E-state index is 12.2. The smallest absolute Gasteiger partial charge is 0.240 e. The molecule has 0 unspecified atom stereocenters. The van der Waals surface area contributed by atoms with Gasteiger partial charge in [-0.05, 0) is 30.2 Å². The lowest BCUT2D eigenvalue weighted by Crippen LogP contribution is -2.29. The molecule has 9 nitrogen and oxygen atoms in total. The molecule has 3 aromatic heterocycles. The number of benzene rings is 1. The molecule has 0 fully saturated rings. The van der Waals surface area contributed by atoms with Gasteiger partial charge in [0.05, 0.1) is 12.0 Å². The van der Waals surface area contributed by atoms with Crippen LogP contribution in [0.5, 0.6) is 0 Å². The Morgan fingerprint density at radius 3 is 2.78 bits per heavy atom. The molecule has 0 aliphatic rings. The Balaban J connectivity index is 1.31. The molecule has 27 heavy (non-hydrogen) atoms. The summed E-state index contributed by atoms with van der Waals surface area (Å²) in [6.45, 7) is 0.675. The Kier molecular flexibility index (Phi) is 4.48. The average Bonchev–Trinajstić information content (AvgIpc) is 3.34. The van der Waals surface area contributed by atoms with Crippen LogP contribution in [-0.4, -0.2) is 41.8 Å². The van der Waals surface area contributed by atoms with Crippen molar-refractivity contribution in [3.05, 3.63) is 60.9 Å². The van der Waals surface area contributed by atoms with Gasteiger partial charge in [0.15, 0.2) is 11.5 Å². The number of nitrogens with one attached hydrogen (secondary N) is 1. The molecule has 0 spiro atoms. The standard InChI is InChI=1S/C18H18N8O/c19-17-16-18(22-11-21-17)25(12-23-16)10-15(27)20-8-6-13-2-4-14(5-3-13)26-9-1-7-24-26/h1-5,7,9,11-12H,6,8,10H2,(H,20,27)(H2,19,21,22). The van der Waals surface area contributed by atoms with E-state index < -0.39 is 0 Å². The molecule has 136 valence electrons. The minimum atomic E-state index is -0.111. The van der Waals surface area contributed by atoms with Crippen molar-refractivity contribution in [1.82, 2.24) is 34.6 Å². The largest absolute Gasteiger partial charge is 0.382 e. The summed E-state index contributed by atoms with van der Waals surface area (Å²) in [6, 6.07) is 9.96. The van der Waals surface area contributed by atoms with Gasteiger partial charge in [0.25, 0.3) is 0 Å². The van der Waals surface area contributed by atoms with Gasteiger partial charge in [-0.3, -0.25) is 4.79 Å². The first-order valence-electron chi connectivity index (χ1n) is 8.47. The van der Waals surface area contributed by atoms with Crippen LogP contribution in [0, 0.1) is 0 Å². The van der Waals surface area contributed by atoms with Gasteiger partial charge in [-0.1, -0.05) is 12.1 Å². The number of fused-ring (bicyclic) bond motifs is 1. The predicted molar refractivity (Wildman–Crippen MR) is 100 cm³/mol. The highest BCUT2D eigenvalue weighted by Gasteiger charge is 2.10. The Morgan fingerprint density at radius 2 is 2.00 bits per heavy atom. The first kappa shape index (κ1) is 16.7. The topological polar surface area (TPSA) is 117 Å². The summed E-state index contributed by atoms with van der Waals surface area (Å²) < 4.78 is 3.46. The highest BCUT2D eigenvalue weighted by Crippen LogP contribution is 2.13. The van der Waals surface area contributed by atoms with Crippen LogP contribution in [0.15, 0.2) is 55.4 Å². The highest BCUT2D eigenvalue weighted by atomic mass is 16.1. The number of hydrogen-bond donors (Lipinski definition) is 2. The molecule has 1 aromatic carbocycles. The molecule has 1 amide bonds. The summed E-state index contributed by atoms with van der Waals surface area (Å²) >= 11 is 0. The maximum Gasteiger partial charge on any atom is 0.240 e. The van der Waals surface area contributed by atoms with Gasteiger partial charge in [-0.25, -0.2) is 19.6 Å². The minimum absolute atomic E-state index is 0.111. The molecule has 4 aromatic rings. The number of imidazole rings is 1. The van der Waals surface area contributed by atoms with E-state index in [1.54, 1.807) is 21.8 Å². The molecule has 0 saturated heterocycles. The van der Waals surface area contributed by atoms with Crippen molar-refractivity contribution >= 4 is 22.9 Å². The molecule has 0 radical (unpaired) electrons. The normalized spacial score (nSPS) is 11.0. The number of anilines is 1. The van der Waals surface area contributed by atoms with Gasteiger partial charge in [0, 0.05) is 18.9 Å². The van der Waals surface area contributed by atoms with Gasteiger partial charge < -0.3 is 15.6 Å². The van der Waals surface area contributed by atoms with Gasteiger partial charge in [0.2, 0.25) is 5.91 Å². The summed E-state index contributed by atoms with van der Waals surface area (Å²) in [7, 11) is 0. The van der Waals surface area contributed by atoms with Crippen molar-refractivity contribution in [2.75, 3.05) is 12.3 Å². The third-order valence-electron chi connectivity index (χ3n) is 4.18. The number of amides is 1. The van der Waals surface area contributed by atoms with Crippen LogP contribution in [-0.2, 0) is 17.8 Å². The van der Waals surface area contributed by atoms with E-state index in [9.17, 15) is 4.79 Å². The number of nitrogens with zero attached hydrogens (tertiary/aromatic N) is 6. The van der Waals surface area contributed by atoms with E-state index in [0.717, 1.165) is 17.7 Å². The highest BCUT2D eigenvalue weighted by molar-refractivity contribution is 5.83. The number of hydrogen-bond acceptors (Lipinski definition) is 6. The molecular weight excluding hydrogens is 344 g/mol. The summed E-state index contributed by atoms with van der Waals surface area (Å²) in [5.74, 6) is 0.192. The molecule has 0 aliphatic carbocycles. The Hall–Kier alpha value is -3.75. The Bertz CT molecular complexity index is 1050. The van der Waals surface area contributed by atoms with Crippen molar-refractivity contribution < 1.29 is 4.79 Å². The molecular formula is C18H18N8O. The Labute approximate surface area is 154 Å². The van der Waals surface area contributed by atoms with Gasteiger partial charge in [0.1, 0.15) is 18.4 Å². The van der Waals surface area contributed by atoms with Crippen LogP contribution in [0.1, 0.15) is 5.56 Å². The lowest BCUT2D eigenvalue weighted by atomic mass is 10.1. The van der Waals surface area contributed by atoms with E-state index >= 15 is 0 Å². The second-order valence-electron chi connectivity index (χ2n) is 6.02. The number of nitrogen functional groups attached to an aromatic ring is 1. The van der Waals surface area contributed by atoms with Crippen LogP contribution in [0.2, 0.25) is 0 Å². The van der Waals surface area contributed by atoms with Crippen LogP contribution >= 0.6 is 0 Å². The van der Waals surface area contributed by atoms with Crippen molar-refractivity contribution in [2.45, 2.75) is 13.0 Å². The zero-order valence-electron chi connectivity index (χ0n) is 14.5. The van der Waals surface area contributed by atoms with E-state index in [0.29, 0.717) is 23.5 Å². The second kappa shape index (κ2) is 7.24. The zero-order valence-corrected chi connectivity index (χ0v) is 14.5. The van der Waals surface area contributed by atoms with Crippen LogP contribution in [0.4, 0.5) is 5.82 Å². The van der Waals surface area contributed by atoms with E-state index in [2.05, 4.69) is 25.4 Å². The lowest BCUT2D eigenvalue weighted by molar-refractivity contribution is -0.121. The number of nitrogens with two attached hydrogens (primary N) is 1. The van der Waals surface area contributed by atoms with E-state index in [1.165, 1.54) is 6.33 Å². The van der Waals surface area contributed by atoms with Gasteiger partial charge >= 0.3 is 0 Å². The Morgan fingerprint density at radius 1 is 1.15 bits per heavy atom. The summed E-state index contributed by atoms with van der Waals surface area (Å²) in [4.78, 5) is 24.4. The molecule has 3 heterocycles. The summed E-state index contributed by atoms with van der Waals surface area (Å²) in [6.07, 6.45) is 7.29. The van der Waals surface area contributed by atoms with E-state index in [-0.39, 0.29) is 12.5 Å². The number of carbonyl (C=O) groups is 1. The van der Waals surface area contributed by atoms with Crippen LogP contribution in [0.3, 0.4) is 0 Å². The first-order valence-corrected chi connectivity index (χ1v) is 8.47. The van der Waals surface area contributed by atoms with Crippen LogP contribution in [0.25, 0.3) is 16.9 Å². The van der Waals surface area contributed by atoms with Crippen molar-refractivity contribution in [1.29, 1.82) is 0 Å². The third-order valence-corrected chi connectivity index (χ3v) is 4.18. The van der Waals surface area contributed by atoms with Crippen molar-refractivity contribution in [3.8, 4) is 5.69 Å². The quantitative estimate of drug-likeness (QED) is 0.527. The first-order chi connectivity index (χ1) is 13.2. The van der Waals surface area contributed by atoms with Gasteiger partial charge in [-0.15, -0.1) is 0 Å². The molecule has 0 aliphatic heterocycles. The fourth-order valence-electron chi connectivity index (χ4n) is 2.81. The summed E-state index contributed by atoms with van der Waals surface area (Å²) in [5.41, 5.74) is 8.94. The van der Waals surface area contributed by atoms with E-state index in [4.69, 9.17) is 5.73 Å². The fourth-order valence-corrected chi connectivity index (χ4v) is 2.81. The van der Waals surface area contributed by atoms with Crippen molar-refractivity contribution in [3.63, 3.8) is 0 Å². The molecule has 4 rings (SSSR count). The predicted octanol–water partition coefficient (Wildman–Crippen LogP) is 0.953. The molecule has 0 saturated carbocycles. The molecule has 9 heteroatoms. The second-order valence-corrected chi connectivity index (χ2v) is 6.02. The number of carbonyl (C=O) groups excluding carboxylic acids is 1. The lowest BCUT2D eigenvalue weighted by Gasteiger charge is -2.07. The molecule has 3 N–H and O–H groups in total. The molecule has 0 atom stereocenters. The van der Waals surface area contributed by atoms with Crippen LogP contribution < -0.4 is 11.1 Å². The average molecular weight is 362 g/mol. The SMILES string of the molecule is Nc1ncnc2c1ncn2CC(=O)NCCc1ccc(-n2cccn2)cc1. The number of aromatic nitrogens is 6. The van der Waals surface area contributed by atoms with E-state index in [1.807, 2.05) is 36.5 Å². The summed E-state index contributed by atoms with van der Waals surface area (Å²) in [5, 5.41) is 7.11. The molecule has 0 bridgehead atoms. The monoisotopic (exact) mass is 362 g/mol. The minimum Gasteiger partial charge on any atom is -0.382 e. The zero-order chi connectivity index (χ0) is 18.6. The van der Waals surface area contributed by atoms with Gasteiger partial charge in [-0.2, -0.15) is 5.10 Å². The van der Waals surface area contributed by atoms with Crippen molar-refractivity contribution in [2.24, 2.45) is 0 Å². The maximum absolute atomic E-state index is 12.2. The fraction of sp³-hybridized carbons (Fsp3) is 0.167. The third kappa shape index (κ3) is 3.61. The number of rotatable bonds is 6.